The fraction of sp³-hybridized carbons (Fsp3) is 0.600. The number of amides is 2. The van der Waals surface area contributed by atoms with Gasteiger partial charge in [0.1, 0.15) is 0 Å². The Kier molecular flexibility index (Phi) is 5.42. The van der Waals surface area contributed by atoms with Gasteiger partial charge in [-0.1, -0.05) is 19.8 Å². The highest BCUT2D eigenvalue weighted by Crippen LogP contribution is 2.41. The topological polar surface area (TPSA) is 69.6 Å². The fourth-order valence-corrected chi connectivity index (χ4v) is 4.00. The van der Waals surface area contributed by atoms with E-state index in [-0.39, 0.29) is 23.3 Å². The number of nitrogens with zero attached hydrogens (tertiary/aromatic N) is 1. The van der Waals surface area contributed by atoms with Crippen LogP contribution in [0.25, 0.3) is 0 Å². The van der Waals surface area contributed by atoms with Crippen molar-refractivity contribution in [2.75, 3.05) is 18.4 Å². The van der Waals surface area contributed by atoms with Crippen LogP contribution in [0.2, 0.25) is 0 Å². The minimum absolute atomic E-state index is 0.00871. The molecular formula is C20H28N2O3. The van der Waals surface area contributed by atoms with E-state index in [0.717, 1.165) is 37.8 Å². The predicted octanol–water partition coefficient (Wildman–Crippen LogP) is 3.19. The van der Waals surface area contributed by atoms with Crippen LogP contribution in [0, 0.1) is 5.41 Å². The zero-order valence-electron chi connectivity index (χ0n) is 15.0. The van der Waals surface area contributed by atoms with Gasteiger partial charge in [-0.2, -0.15) is 0 Å². The fourth-order valence-electron chi connectivity index (χ4n) is 4.00. The van der Waals surface area contributed by atoms with Gasteiger partial charge in [0.25, 0.3) is 5.91 Å². The quantitative estimate of drug-likeness (QED) is 0.881. The van der Waals surface area contributed by atoms with Crippen LogP contribution in [0.3, 0.4) is 0 Å². The molecule has 1 aliphatic carbocycles. The molecule has 136 valence electrons. The van der Waals surface area contributed by atoms with Crippen molar-refractivity contribution in [3.8, 4) is 0 Å². The van der Waals surface area contributed by atoms with E-state index in [2.05, 4.69) is 12.2 Å². The zero-order chi connectivity index (χ0) is 17.9. The summed E-state index contributed by atoms with van der Waals surface area (Å²) in [4.78, 5) is 26.9. The first-order valence-corrected chi connectivity index (χ1v) is 9.43. The van der Waals surface area contributed by atoms with Gasteiger partial charge in [-0.3, -0.25) is 9.59 Å². The first-order chi connectivity index (χ1) is 12.0. The average molecular weight is 344 g/mol. The van der Waals surface area contributed by atoms with E-state index in [1.54, 1.807) is 17.0 Å². The number of carbonyl (C=O) groups excluding carboxylic acids is 2. The number of rotatable bonds is 4. The smallest absolute Gasteiger partial charge is 0.253 e. The highest BCUT2D eigenvalue weighted by atomic mass is 16.3. The van der Waals surface area contributed by atoms with Gasteiger partial charge in [0.05, 0.1) is 6.10 Å². The first-order valence-electron chi connectivity index (χ1n) is 9.43. The molecular weight excluding hydrogens is 316 g/mol. The molecule has 2 fully saturated rings. The number of piperidine rings is 1. The van der Waals surface area contributed by atoms with Crippen molar-refractivity contribution in [1.29, 1.82) is 0 Å². The second-order valence-corrected chi connectivity index (χ2v) is 7.40. The molecule has 1 saturated heterocycles. The summed E-state index contributed by atoms with van der Waals surface area (Å²) in [6.07, 6.45) is 6.04. The molecule has 1 saturated carbocycles. The van der Waals surface area contributed by atoms with Crippen molar-refractivity contribution >= 4 is 17.5 Å². The van der Waals surface area contributed by atoms with Crippen molar-refractivity contribution in [1.82, 2.24) is 4.90 Å². The number of hydrogen-bond donors (Lipinski definition) is 2. The third-order valence-electron chi connectivity index (χ3n) is 5.86. The standard InChI is InChI=1S/C20H28N2O3/c1-2-20(11-3-4-12-20)19(25)21-16-7-5-15(6-8-16)18(24)22-13-9-17(23)10-14-22/h5-8,17,23H,2-4,9-14H2,1H3,(H,21,25). The number of likely N-dealkylation sites (tertiary alicyclic amines) is 1. The predicted molar refractivity (Wildman–Crippen MR) is 97.4 cm³/mol. The Balaban J connectivity index is 1.62. The van der Waals surface area contributed by atoms with Gasteiger partial charge in [0.15, 0.2) is 0 Å². The number of carbonyl (C=O) groups is 2. The minimum Gasteiger partial charge on any atom is -0.393 e. The normalized spacial score (nSPS) is 20.5. The molecule has 1 aromatic carbocycles. The Morgan fingerprint density at radius 2 is 1.76 bits per heavy atom. The Hall–Kier alpha value is -1.88. The number of nitrogens with one attached hydrogen (secondary N) is 1. The van der Waals surface area contributed by atoms with Gasteiger partial charge in [0, 0.05) is 29.8 Å². The van der Waals surface area contributed by atoms with Gasteiger partial charge in [-0.25, -0.2) is 0 Å². The maximum atomic E-state index is 12.7. The summed E-state index contributed by atoms with van der Waals surface area (Å²) in [6, 6.07) is 7.16. The molecule has 25 heavy (non-hydrogen) atoms. The molecule has 2 N–H and O–H groups in total. The summed E-state index contributed by atoms with van der Waals surface area (Å²) in [5, 5.41) is 12.6. The van der Waals surface area contributed by atoms with E-state index in [9.17, 15) is 14.7 Å². The summed E-state index contributed by atoms with van der Waals surface area (Å²) in [7, 11) is 0. The molecule has 0 radical (unpaired) electrons. The van der Waals surface area contributed by atoms with Crippen LogP contribution >= 0.6 is 0 Å². The van der Waals surface area contributed by atoms with Gasteiger partial charge in [0.2, 0.25) is 5.91 Å². The van der Waals surface area contributed by atoms with E-state index < -0.39 is 0 Å². The zero-order valence-corrected chi connectivity index (χ0v) is 15.0. The molecule has 2 aliphatic rings. The third kappa shape index (κ3) is 3.87. The Morgan fingerprint density at radius 1 is 1.16 bits per heavy atom. The molecule has 0 aromatic heterocycles. The molecule has 3 rings (SSSR count). The van der Waals surface area contributed by atoms with Crippen molar-refractivity contribution < 1.29 is 14.7 Å². The monoisotopic (exact) mass is 344 g/mol. The van der Waals surface area contributed by atoms with Gasteiger partial charge in [-0.15, -0.1) is 0 Å². The third-order valence-corrected chi connectivity index (χ3v) is 5.86. The van der Waals surface area contributed by atoms with Crippen LogP contribution in [0.1, 0.15) is 62.2 Å². The van der Waals surface area contributed by atoms with E-state index in [4.69, 9.17) is 0 Å². The van der Waals surface area contributed by atoms with Gasteiger partial charge >= 0.3 is 0 Å². The lowest BCUT2D eigenvalue weighted by Gasteiger charge is -2.29. The number of aliphatic hydroxyl groups excluding tert-OH is 1. The summed E-state index contributed by atoms with van der Waals surface area (Å²) in [5.74, 6) is 0.0993. The van der Waals surface area contributed by atoms with Crippen LogP contribution in [0.5, 0.6) is 0 Å². The largest absolute Gasteiger partial charge is 0.393 e. The SMILES string of the molecule is CCC1(C(=O)Nc2ccc(C(=O)N3CCC(O)CC3)cc2)CCCC1. The van der Waals surface area contributed by atoms with Gasteiger partial charge in [-0.05, 0) is 56.4 Å². The Morgan fingerprint density at radius 3 is 2.32 bits per heavy atom. The first kappa shape index (κ1) is 17.9. The molecule has 5 heteroatoms. The molecule has 2 amide bonds. The van der Waals surface area contributed by atoms with Crippen molar-refractivity contribution in [3.05, 3.63) is 29.8 Å². The van der Waals surface area contributed by atoms with Crippen LogP contribution in [-0.2, 0) is 4.79 Å². The molecule has 5 nitrogen and oxygen atoms in total. The second kappa shape index (κ2) is 7.56. The molecule has 0 atom stereocenters. The second-order valence-electron chi connectivity index (χ2n) is 7.40. The van der Waals surface area contributed by atoms with E-state index in [1.165, 1.54) is 0 Å². The van der Waals surface area contributed by atoms with Crippen LogP contribution in [0.4, 0.5) is 5.69 Å². The number of aliphatic hydroxyl groups is 1. The maximum Gasteiger partial charge on any atom is 0.253 e. The molecule has 1 heterocycles. The van der Waals surface area contributed by atoms with E-state index in [0.29, 0.717) is 31.5 Å². The molecule has 1 aromatic rings. The maximum absolute atomic E-state index is 12.7. The molecule has 0 spiro atoms. The Bertz CT molecular complexity index is 612. The lowest BCUT2D eigenvalue weighted by atomic mass is 9.82. The summed E-state index contributed by atoms with van der Waals surface area (Å²) in [5.41, 5.74) is 1.15. The van der Waals surface area contributed by atoms with E-state index in [1.807, 2.05) is 12.1 Å². The average Bonchev–Trinajstić information content (AvgIpc) is 3.13. The summed E-state index contributed by atoms with van der Waals surface area (Å²) in [6.45, 7) is 3.28. The summed E-state index contributed by atoms with van der Waals surface area (Å²) >= 11 is 0. The van der Waals surface area contributed by atoms with Crippen LogP contribution < -0.4 is 5.32 Å². The molecule has 0 bridgehead atoms. The van der Waals surface area contributed by atoms with Crippen LogP contribution in [0.15, 0.2) is 24.3 Å². The number of anilines is 1. The summed E-state index contributed by atoms with van der Waals surface area (Å²) < 4.78 is 0. The van der Waals surface area contributed by atoms with Crippen molar-refractivity contribution in [3.63, 3.8) is 0 Å². The lowest BCUT2D eigenvalue weighted by Crippen LogP contribution is -2.40. The van der Waals surface area contributed by atoms with Gasteiger partial charge < -0.3 is 15.3 Å². The minimum atomic E-state index is -0.289. The van der Waals surface area contributed by atoms with Crippen LogP contribution in [-0.4, -0.2) is 41.0 Å². The Labute approximate surface area is 149 Å². The number of hydrogen-bond acceptors (Lipinski definition) is 3. The van der Waals surface area contributed by atoms with Crippen molar-refractivity contribution in [2.45, 2.75) is 58.0 Å². The lowest BCUT2D eigenvalue weighted by molar-refractivity contribution is -0.125. The molecule has 0 unspecified atom stereocenters. The highest BCUT2D eigenvalue weighted by Gasteiger charge is 2.39. The van der Waals surface area contributed by atoms with E-state index >= 15 is 0 Å². The van der Waals surface area contributed by atoms with Crippen molar-refractivity contribution in [2.24, 2.45) is 5.41 Å². The molecule has 1 aliphatic heterocycles. The highest BCUT2D eigenvalue weighted by molar-refractivity contribution is 5.97. The number of benzene rings is 1.